The second kappa shape index (κ2) is 5.49. The summed E-state index contributed by atoms with van der Waals surface area (Å²) in [5.74, 6) is 1.51. The van der Waals surface area contributed by atoms with E-state index in [1.165, 1.54) is 16.6 Å². The standard InChI is InChI=1S/C16H23NOS/c1-5-19(18)9-8-13-6-7-15-10-14(16(2,3)4)12-17(15)11-13/h6-7,10-12H,5,8-9H2,1-4H3. The highest BCUT2D eigenvalue weighted by Gasteiger charge is 2.15. The molecule has 0 amide bonds. The minimum atomic E-state index is -0.679. The number of rotatable bonds is 4. The Labute approximate surface area is 118 Å². The number of hydrogen-bond acceptors (Lipinski definition) is 1. The van der Waals surface area contributed by atoms with E-state index in [0.717, 1.165) is 17.9 Å². The molecule has 0 aliphatic carbocycles. The average molecular weight is 277 g/mol. The van der Waals surface area contributed by atoms with Crippen molar-refractivity contribution in [3.8, 4) is 0 Å². The summed E-state index contributed by atoms with van der Waals surface area (Å²) in [4.78, 5) is 0. The maximum Gasteiger partial charge on any atom is 0.0453 e. The summed E-state index contributed by atoms with van der Waals surface area (Å²) in [5, 5.41) is 0. The van der Waals surface area contributed by atoms with Gasteiger partial charge in [0.05, 0.1) is 0 Å². The molecule has 0 spiro atoms. The fourth-order valence-electron chi connectivity index (χ4n) is 2.09. The van der Waals surface area contributed by atoms with Crippen LogP contribution in [0.2, 0.25) is 0 Å². The molecule has 2 aromatic rings. The fourth-order valence-corrected chi connectivity index (χ4v) is 2.84. The maximum absolute atomic E-state index is 11.5. The number of aryl methyl sites for hydroxylation is 1. The minimum Gasteiger partial charge on any atom is -0.323 e. The van der Waals surface area contributed by atoms with Gasteiger partial charge in [-0.2, -0.15) is 0 Å². The summed E-state index contributed by atoms with van der Waals surface area (Å²) in [6, 6.07) is 6.54. The summed E-state index contributed by atoms with van der Waals surface area (Å²) < 4.78 is 13.7. The molecular formula is C16H23NOS. The van der Waals surface area contributed by atoms with Crippen molar-refractivity contribution in [2.45, 2.75) is 39.5 Å². The predicted octanol–water partition coefficient (Wildman–Crippen LogP) is 3.55. The van der Waals surface area contributed by atoms with Gasteiger partial charge in [0.1, 0.15) is 0 Å². The third kappa shape index (κ3) is 3.47. The zero-order valence-electron chi connectivity index (χ0n) is 12.3. The lowest BCUT2D eigenvalue weighted by atomic mass is 9.89. The highest BCUT2D eigenvalue weighted by Crippen LogP contribution is 2.25. The molecule has 2 rings (SSSR count). The Morgan fingerprint density at radius 3 is 2.58 bits per heavy atom. The number of pyridine rings is 1. The molecule has 0 aliphatic heterocycles. The first-order valence-corrected chi connectivity index (χ1v) is 8.35. The molecule has 19 heavy (non-hydrogen) atoms. The molecule has 0 aliphatic rings. The van der Waals surface area contributed by atoms with Gasteiger partial charge in [-0.25, -0.2) is 0 Å². The van der Waals surface area contributed by atoms with E-state index >= 15 is 0 Å². The van der Waals surface area contributed by atoms with E-state index in [4.69, 9.17) is 0 Å². The van der Waals surface area contributed by atoms with Crippen molar-refractivity contribution in [2.75, 3.05) is 11.5 Å². The van der Waals surface area contributed by atoms with E-state index in [0.29, 0.717) is 0 Å². The predicted molar refractivity (Wildman–Crippen MR) is 83.4 cm³/mol. The van der Waals surface area contributed by atoms with Crippen molar-refractivity contribution >= 4 is 16.3 Å². The number of hydrogen-bond donors (Lipinski definition) is 0. The molecule has 0 aromatic carbocycles. The summed E-state index contributed by atoms with van der Waals surface area (Å²) in [6.45, 7) is 8.66. The Kier molecular flexibility index (Phi) is 4.14. The van der Waals surface area contributed by atoms with Crippen LogP contribution >= 0.6 is 0 Å². The van der Waals surface area contributed by atoms with Crippen molar-refractivity contribution < 1.29 is 4.21 Å². The average Bonchev–Trinajstić information content (AvgIpc) is 2.78. The third-order valence-corrected chi connectivity index (χ3v) is 4.76. The fraction of sp³-hybridized carbons (Fsp3) is 0.500. The second-order valence-corrected chi connectivity index (χ2v) is 7.90. The van der Waals surface area contributed by atoms with Crippen LogP contribution in [-0.4, -0.2) is 20.1 Å². The monoisotopic (exact) mass is 277 g/mol. The van der Waals surface area contributed by atoms with Gasteiger partial charge in [0.2, 0.25) is 0 Å². The first kappa shape index (κ1) is 14.3. The minimum absolute atomic E-state index is 0.176. The topological polar surface area (TPSA) is 21.5 Å². The summed E-state index contributed by atoms with van der Waals surface area (Å²) >= 11 is 0. The first-order chi connectivity index (χ1) is 8.90. The molecule has 0 bridgehead atoms. The van der Waals surface area contributed by atoms with Crippen LogP contribution in [0.5, 0.6) is 0 Å². The van der Waals surface area contributed by atoms with Gasteiger partial charge in [0, 0.05) is 40.2 Å². The molecule has 2 heterocycles. The molecule has 1 atom stereocenters. The Bertz CT molecular complexity index is 592. The van der Waals surface area contributed by atoms with Crippen molar-refractivity contribution in [1.29, 1.82) is 0 Å². The highest BCUT2D eigenvalue weighted by atomic mass is 32.2. The smallest absolute Gasteiger partial charge is 0.0453 e. The lowest BCUT2D eigenvalue weighted by Crippen LogP contribution is -2.09. The number of fused-ring (bicyclic) bond motifs is 1. The van der Waals surface area contributed by atoms with Gasteiger partial charge in [0.25, 0.3) is 0 Å². The van der Waals surface area contributed by atoms with Crippen LogP contribution in [-0.2, 0) is 22.6 Å². The van der Waals surface area contributed by atoms with Crippen LogP contribution < -0.4 is 0 Å². The lowest BCUT2D eigenvalue weighted by Gasteiger charge is -2.15. The zero-order valence-corrected chi connectivity index (χ0v) is 13.1. The van der Waals surface area contributed by atoms with E-state index in [-0.39, 0.29) is 5.41 Å². The summed E-state index contributed by atoms with van der Waals surface area (Å²) in [7, 11) is -0.679. The Balaban J connectivity index is 2.23. The van der Waals surface area contributed by atoms with Gasteiger partial charge in [-0.1, -0.05) is 33.8 Å². The van der Waals surface area contributed by atoms with Crippen LogP contribution in [0.3, 0.4) is 0 Å². The molecule has 0 N–H and O–H groups in total. The van der Waals surface area contributed by atoms with Crippen LogP contribution in [0.15, 0.2) is 30.6 Å². The van der Waals surface area contributed by atoms with E-state index < -0.39 is 10.8 Å². The molecule has 104 valence electrons. The Morgan fingerprint density at radius 1 is 1.21 bits per heavy atom. The molecule has 3 heteroatoms. The molecule has 0 saturated carbocycles. The Hall–Kier alpha value is -1.09. The van der Waals surface area contributed by atoms with E-state index in [2.05, 4.69) is 55.8 Å². The van der Waals surface area contributed by atoms with E-state index in [9.17, 15) is 4.21 Å². The molecular weight excluding hydrogens is 254 g/mol. The van der Waals surface area contributed by atoms with Crippen LogP contribution in [0.25, 0.3) is 5.52 Å². The molecule has 0 saturated heterocycles. The van der Waals surface area contributed by atoms with Crippen LogP contribution in [0.1, 0.15) is 38.8 Å². The summed E-state index contributed by atoms with van der Waals surface area (Å²) in [5.41, 5.74) is 4.01. The maximum atomic E-state index is 11.5. The van der Waals surface area contributed by atoms with Crippen molar-refractivity contribution in [3.05, 3.63) is 41.7 Å². The first-order valence-electron chi connectivity index (χ1n) is 6.86. The van der Waals surface area contributed by atoms with Gasteiger partial charge in [0.15, 0.2) is 0 Å². The number of aromatic nitrogens is 1. The van der Waals surface area contributed by atoms with Crippen LogP contribution in [0, 0.1) is 0 Å². The molecule has 0 fully saturated rings. The van der Waals surface area contributed by atoms with Gasteiger partial charge in [-0.3, -0.25) is 4.21 Å². The molecule has 2 nitrogen and oxygen atoms in total. The molecule has 1 unspecified atom stereocenters. The van der Waals surface area contributed by atoms with E-state index in [1.54, 1.807) is 0 Å². The molecule has 2 aromatic heterocycles. The SMILES string of the molecule is CCS(=O)CCc1ccc2cc(C(C)(C)C)cn2c1. The van der Waals surface area contributed by atoms with Gasteiger partial charge < -0.3 is 4.40 Å². The third-order valence-electron chi connectivity index (χ3n) is 3.46. The van der Waals surface area contributed by atoms with Crippen molar-refractivity contribution in [2.24, 2.45) is 0 Å². The lowest BCUT2D eigenvalue weighted by molar-refractivity contribution is 0.590. The number of nitrogens with zero attached hydrogens (tertiary/aromatic N) is 1. The Morgan fingerprint density at radius 2 is 1.95 bits per heavy atom. The van der Waals surface area contributed by atoms with E-state index in [1.807, 2.05) is 6.92 Å². The normalized spacial score (nSPS) is 13.9. The quantitative estimate of drug-likeness (QED) is 0.837. The molecule has 0 radical (unpaired) electrons. The van der Waals surface area contributed by atoms with Crippen molar-refractivity contribution in [3.63, 3.8) is 0 Å². The summed E-state index contributed by atoms with van der Waals surface area (Å²) in [6.07, 6.45) is 5.26. The highest BCUT2D eigenvalue weighted by molar-refractivity contribution is 7.84. The van der Waals surface area contributed by atoms with Crippen molar-refractivity contribution in [1.82, 2.24) is 4.40 Å². The van der Waals surface area contributed by atoms with Crippen LogP contribution in [0.4, 0.5) is 0 Å². The van der Waals surface area contributed by atoms with Gasteiger partial charge in [-0.05, 0) is 35.1 Å². The largest absolute Gasteiger partial charge is 0.323 e. The van der Waals surface area contributed by atoms with Gasteiger partial charge >= 0.3 is 0 Å². The second-order valence-electron chi connectivity index (χ2n) is 6.03. The zero-order chi connectivity index (χ0) is 14.0. The van der Waals surface area contributed by atoms with Gasteiger partial charge in [-0.15, -0.1) is 0 Å².